The zero-order chi connectivity index (χ0) is 87.4. The van der Waals surface area contributed by atoms with Crippen molar-refractivity contribution in [2.75, 3.05) is 90.1 Å². The van der Waals surface area contributed by atoms with Crippen molar-refractivity contribution in [3.8, 4) is 58.7 Å². The Balaban J connectivity index is 0.000000590. The number of pyridine rings is 2. The Bertz CT molecular complexity index is 5980. The Morgan fingerprint density at radius 1 is 0.586 bits per heavy atom. The predicted molar refractivity (Wildman–Crippen MR) is 537 cm³/mol. The normalized spacial score (nSPS) is 10.3. The molecule has 0 aliphatic carbocycles. The van der Waals surface area contributed by atoms with Gasteiger partial charge in [-0.2, -0.15) is 18.4 Å². The number of nitriles is 1. The van der Waals surface area contributed by atoms with E-state index in [1.807, 2.05) is 196 Å². The highest BCUT2D eigenvalue weighted by Crippen LogP contribution is 2.40. The van der Waals surface area contributed by atoms with E-state index in [2.05, 4.69) is 94.4 Å². The molecule has 1 amide bonds. The van der Waals surface area contributed by atoms with E-state index in [-0.39, 0.29) is 90.9 Å². The van der Waals surface area contributed by atoms with Crippen LogP contribution in [-0.4, -0.2) is 130 Å². The maximum Gasteiger partial charge on any atom is 0.416 e. The summed E-state index contributed by atoms with van der Waals surface area (Å²) >= 11 is 3.47. The van der Waals surface area contributed by atoms with Gasteiger partial charge in [-0.15, -0.1) is 23.9 Å². The number of alkyl halides is 3. The van der Waals surface area contributed by atoms with E-state index in [0.717, 1.165) is 126 Å². The first-order valence-corrected chi connectivity index (χ1v) is 40.2. The van der Waals surface area contributed by atoms with Gasteiger partial charge in [-0.25, -0.2) is 24.9 Å². The van der Waals surface area contributed by atoms with Crippen molar-refractivity contribution in [3.05, 3.63) is 280 Å². The van der Waals surface area contributed by atoms with Crippen molar-refractivity contribution in [2.24, 2.45) is 0 Å². The number of ether oxygens (including phenoxy) is 9. The van der Waals surface area contributed by atoms with E-state index in [1.54, 1.807) is 51.3 Å². The van der Waals surface area contributed by atoms with Crippen molar-refractivity contribution in [1.82, 2.24) is 55.2 Å². The quantitative estimate of drug-likeness (QED) is 0.0212. The molecule has 6 aromatic heterocycles. The topological polar surface area (TPSA) is 306 Å². The SMILES string of the molecule is C.C.C.C.C.C.C.C.C#Cc1cccc(Nc2ncnc3cc(OCCOC)c(OCCOC)cc23)c1.CCOc1cc2ncc(C#N)c(Nc3cccc(Br)c3)c2cc1OCC.COCC(=O)NC/C=C/c1ccc2ncnc(Nc3ccc(Oc4ccc(C)nc4)c(C)c3)c2c1.Cl.FC(F)(F)c1ccc(/C=C/c2nc(COc3ccc(CCCCn4ccnn4)cc3)co2)cc1. The molecule has 0 aliphatic heterocycles. The van der Waals surface area contributed by atoms with Gasteiger partial charge in [0.05, 0.1) is 72.2 Å². The van der Waals surface area contributed by atoms with Gasteiger partial charge in [0.1, 0.15) is 86.0 Å². The summed E-state index contributed by atoms with van der Waals surface area (Å²) in [4.78, 5) is 42.1. The Kier molecular flexibility index (Phi) is 51.3. The molecule has 14 rings (SSSR count). The number of halogens is 5. The number of methoxy groups -OCH3 is 3. The minimum Gasteiger partial charge on any atom is -0.490 e. The van der Waals surface area contributed by atoms with Crippen LogP contribution >= 0.6 is 28.3 Å². The molecule has 0 saturated heterocycles. The van der Waals surface area contributed by atoms with E-state index in [1.165, 1.54) is 37.4 Å². The third-order valence-electron chi connectivity index (χ3n) is 18.2. The average Bonchev–Trinajstić information content (AvgIpc) is 1.08. The molecule has 0 fully saturated rings. The number of nitrogens with zero attached hydrogens (tertiary/aromatic N) is 11. The van der Waals surface area contributed by atoms with Gasteiger partial charge >= 0.3 is 6.18 Å². The molecule has 26 nitrogen and oxygen atoms in total. The van der Waals surface area contributed by atoms with Crippen LogP contribution in [0.2, 0.25) is 0 Å². The first-order chi connectivity index (χ1) is 60.4. The molecular formula is C102H124BrClF3N15O11. The second-order valence-electron chi connectivity index (χ2n) is 27.2. The second kappa shape index (κ2) is 59.3. The molecular weight excluding hydrogens is 1780 g/mol. The summed E-state index contributed by atoms with van der Waals surface area (Å²) in [5.74, 6) is 8.81. The summed E-state index contributed by atoms with van der Waals surface area (Å²) in [6, 6.07) is 53.4. The lowest BCUT2D eigenvalue weighted by molar-refractivity contribution is -0.137. The van der Waals surface area contributed by atoms with Crippen LogP contribution in [0.3, 0.4) is 0 Å². The number of rotatable bonds is 35. The number of unbranched alkanes of at least 4 members (excludes halogenated alkanes) is 1. The fourth-order valence-electron chi connectivity index (χ4n) is 12.1. The minimum absolute atomic E-state index is 0. The number of benzene rings is 8. The molecule has 4 N–H and O–H groups in total. The van der Waals surface area contributed by atoms with Crippen molar-refractivity contribution in [2.45, 2.75) is 126 Å². The van der Waals surface area contributed by atoms with E-state index in [9.17, 15) is 23.2 Å². The van der Waals surface area contributed by atoms with Crippen molar-refractivity contribution in [3.63, 3.8) is 0 Å². The molecule has 6 heterocycles. The van der Waals surface area contributed by atoms with Crippen molar-refractivity contribution >= 4 is 120 Å². The predicted octanol–water partition coefficient (Wildman–Crippen LogP) is 25.3. The van der Waals surface area contributed by atoms with Gasteiger partial charge in [0.15, 0.2) is 23.0 Å². The maximum absolute atomic E-state index is 12.6. The minimum atomic E-state index is -4.35. The number of aromatic nitrogens is 10. The van der Waals surface area contributed by atoms with Crippen LogP contribution < -0.4 is 49.7 Å². The molecule has 0 atom stereocenters. The molecule has 31 heteroatoms. The van der Waals surface area contributed by atoms with E-state index in [0.29, 0.717) is 115 Å². The zero-order valence-corrected chi connectivity index (χ0v) is 72.0. The Morgan fingerprint density at radius 3 is 1.82 bits per heavy atom. The maximum atomic E-state index is 12.6. The number of aryl methyl sites for hydroxylation is 4. The molecule has 0 bridgehead atoms. The molecule has 8 aromatic carbocycles. The molecule has 0 saturated carbocycles. The number of anilines is 6. The van der Waals surface area contributed by atoms with Crippen molar-refractivity contribution < 1.29 is 65.0 Å². The molecule has 708 valence electrons. The summed E-state index contributed by atoms with van der Waals surface area (Å²) in [6.07, 6.45) is 22.6. The number of hydrogen-bond acceptors (Lipinski definition) is 24. The van der Waals surface area contributed by atoms with Gasteiger partial charge in [0, 0.05) is 114 Å². The van der Waals surface area contributed by atoms with Crippen LogP contribution in [0.5, 0.6) is 40.2 Å². The first-order valence-electron chi connectivity index (χ1n) is 39.4. The summed E-state index contributed by atoms with van der Waals surface area (Å²) in [5, 5.41) is 32.6. The van der Waals surface area contributed by atoms with Crippen LogP contribution in [0.1, 0.15) is 142 Å². The molecule has 0 aliphatic rings. The van der Waals surface area contributed by atoms with Crippen molar-refractivity contribution in [1.29, 1.82) is 5.26 Å². The highest BCUT2D eigenvalue weighted by Gasteiger charge is 2.30. The molecule has 14 aromatic rings. The lowest BCUT2D eigenvalue weighted by Crippen LogP contribution is -2.26. The number of carbonyl (C=O) groups is 1. The zero-order valence-electron chi connectivity index (χ0n) is 69.6. The molecule has 0 spiro atoms. The lowest BCUT2D eigenvalue weighted by Gasteiger charge is -2.15. The summed E-state index contributed by atoms with van der Waals surface area (Å²) < 4.78 is 95.8. The number of fused-ring (bicyclic) bond motifs is 3. The van der Waals surface area contributed by atoms with Crippen LogP contribution in [0.25, 0.3) is 50.9 Å². The fraction of sp³-hybridized carbons (Fsp3) is 0.284. The second-order valence-corrected chi connectivity index (χ2v) is 28.1. The number of terminal acetylenes is 1. The summed E-state index contributed by atoms with van der Waals surface area (Å²) in [6.45, 7) is 12.1. The van der Waals surface area contributed by atoms with Crippen LogP contribution in [0.4, 0.5) is 47.6 Å². The van der Waals surface area contributed by atoms with Gasteiger partial charge in [-0.1, -0.05) is 141 Å². The third-order valence-corrected chi connectivity index (χ3v) is 18.6. The first kappa shape index (κ1) is 115. The number of oxazole rings is 1. The average molecular weight is 1910 g/mol. The van der Waals surface area contributed by atoms with Gasteiger partial charge < -0.3 is 68.3 Å². The largest absolute Gasteiger partial charge is 0.490 e. The fourth-order valence-corrected chi connectivity index (χ4v) is 12.5. The van der Waals surface area contributed by atoms with E-state index in [4.69, 9.17) is 53.5 Å². The Hall–Kier alpha value is -14.0. The summed E-state index contributed by atoms with van der Waals surface area (Å²) in [7, 11) is 4.74. The molecule has 0 unspecified atom stereocenters. The lowest BCUT2D eigenvalue weighted by atomic mass is 10.1. The van der Waals surface area contributed by atoms with E-state index < -0.39 is 11.7 Å². The van der Waals surface area contributed by atoms with Gasteiger partial charge in [-0.05, 0) is 191 Å². The Morgan fingerprint density at radius 2 is 1.20 bits per heavy atom. The highest BCUT2D eigenvalue weighted by molar-refractivity contribution is 9.10. The monoisotopic (exact) mass is 1910 g/mol. The summed E-state index contributed by atoms with van der Waals surface area (Å²) in [5.41, 5.74) is 11.5. The van der Waals surface area contributed by atoms with Gasteiger partial charge in [-0.3, -0.25) is 19.4 Å². The van der Waals surface area contributed by atoms with Crippen LogP contribution in [0.15, 0.2) is 229 Å². The van der Waals surface area contributed by atoms with E-state index >= 15 is 0 Å². The van der Waals surface area contributed by atoms with Gasteiger partial charge in [0.2, 0.25) is 11.8 Å². The molecule has 133 heavy (non-hydrogen) atoms. The van der Waals surface area contributed by atoms with Crippen LogP contribution in [0, 0.1) is 37.5 Å². The highest BCUT2D eigenvalue weighted by atomic mass is 79.9. The Labute approximate surface area is 795 Å². The number of amides is 1. The number of carbonyl (C=O) groups excluding carboxylic acids is 1. The number of nitrogens with one attached hydrogen (secondary N) is 4. The third kappa shape index (κ3) is 35.3. The number of hydrogen-bond donors (Lipinski definition) is 4. The van der Waals surface area contributed by atoms with Gasteiger partial charge in [0.25, 0.3) is 0 Å². The standard InChI is InChI=1S/C27H27N5O3.C25H23F3N4O2.C22H23N3O4.C20H18BrN3O2.8CH4.ClH/c1-18-13-21(8-11-25(18)35-22-9-6-19(2)29-15-22)32-27-23-14-20(7-10-24(23)30-17-31-27)5-4-12-28-26(33)16-34-3;26-25(27,28)21-9-4-20(5-10-21)8-13-24-30-22(18-34-24)17-33-23-11-6-19(7-12-23)3-1-2-15-32-16-14-29-31-32;1-4-16-6-5-7-17(12-16)25-22-18-13-20(28-10-8-26-2)21(29-11-9-27-3)14-19(18)23-15-24-22;1-3-25-18-9-16-17(10-19(18)26-4-2)23-12-13(11-22)20(16)24-15-7-5-6-14(21)8-15;;;;;;;;;/h4-11,13-15,17H,12,16H2,1-3H3,(H,28,33)(H,30,31,32);4-14,16,18H,1-3,15,17H2;1,5-7,12-15H,8-11H2,2-3H3,(H,23,24,25);5-10,12H,3-4H2,1-2H3,(H,23,24);8*1H4;1H/b5-4+;13-8+;;;;;;;;;;;. The molecule has 0 radical (unpaired) electrons. The smallest absolute Gasteiger partial charge is 0.416 e. The van der Waals surface area contributed by atoms with Crippen LogP contribution in [-0.2, 0) is 44.8 Å².